The number of ether oxygens (including phenoxy) is 1. The minimum absolute atomic E-state index is 0.0318. The third kappa shape index (κ3) is 3.73. The summed E-state index contributed by atoms with van der Waals surface area (Å²) in [6, 6.07) is 1.49. The number of halogens is 3. The topological polar surface area (TPSA) is 79.4 Å². The van der Waals surface area contributed by atoms with E-state index in [-0.39, 0.29) is 36.3 Å². The Bertz CT molecular complexity index is 974. The second-order valence-electron chi connectivity index (χ2n) is 7.80. The number of nitrogens with zero attached hydrogens (tertiary/aromatic N) is 3. The molecule has 1 aromatic carbocycles. The highest BCUT2D eigenvalue weighted by Crippen LogP contribution is 2.34. The second kappa shape index (κ2) is 7.66. The summed E-state index contributed by atoms with van der Waals surface area (Å²) in [5.41, 5.74) is 1.29. The lowest BCUT2D eigenvalue weighted by molar-refractivity contribution is -0.117. The normalized spacial score (nSPS) is 22.8. The summed E-state index contributed by atoms with van der Waals surface area (Å²) < 4.78 is 44.9. The first kappa shape index (κ1) is 20.2. The van der Waals surface area contributed by atoms with Crippen LogP contribution in [-0.2, 0) is 4.79 Å². The number of carbonyl (C=O) groups is 1. The quantitative estimate of drug-likeness (QED) is 0.722. The van der Waals surface area contributed by atoms with E-state index in [9.17, 15) is 18.0 Å². The predicted octanol–water partition coefficient (Wildman–Crippen LogP) is 3.25. The Balaban J connectivity index is 1.33. The molecular formula is C20H22F3N5O2. The lowest BCUT2D eigenvalue weighted by atomic mass is 9.81. The third-order valence-corrected chi connectivity index (χ3v) is 5.63. The van der Waals surface area contributed by atoms with Crippen LogP contribution >= 0.6 is 0 Å². The number of hydrogen-bond donors (Lipinski definition) is 2. The van der Waals surface area contributed by atoms with E-state index in [1.807, 2.05) is 18.9 Å². The summed E-state index contributed by atoms with van der Waals surface area (Å²) >= 11 is 0. The molecule has 0 unspecified atom stereocenters. The van der Waals surface area contributed by atoms with E-state index in [1.54, 1.807) is 6.92 Å². The SMILES string of the molecule is Cc1nc(NC2CC(COc3cc(F)c(F)c(F)c3)C2)nc2c1NC(=O)[C@H](C)N2C. The van der Waals surface area contributed by atoms with Crippen molar-refractivity contribution in [3.8, 4) is 5.75 Å². The minimum Gasteiger partial charge on any atom is -0.493 e. The first-order valence-electron chi connectivity index (χ1n) is 9.69. The molecule has 0 bridgehead atoms. The number of anilines is 3. The molecule has 1 aliphatic heterocycles. The van der Waals surface area contributed by atoms with Crippen LogP contribution in [0.3, 0.4) is 0 Å². The van der Waals surface area contributed by atoms with Crippen LogP contribution in [0, 0.1) is 30.3 Å². The van der Waals surface area contributed by atoms with Gasteiger partial charge >= 0.3 is 0 Å². The molecule has 2 aliphatic rings. The Kier molecular flexibility index (Phi) is 5.17. The van der Waals surface area contributed by atoms with Gasteiger partial charge in [0, 0.05) is 25.2 Å². The molecule has 1 fully saturated rings. The molecule has 1 aliphatic carbocycles. The van der Waals surface area contributed by atoms with Gasteiger partial charge < -0.3 is 20.3 Å². The van der Waals surface area contributed by atoms with E-state index in [1.165, 1.54) is 0 Å². The molecule has 10 heteroatoms. The second-order valence-corrected chi connectivity index (χ2v) is 7.80. The minimum atomic E-state index is -1.50. The highest BCUT2D eigenvalue weighted by atomic mass is 19.2. The van der Waals surface area contributed by atoms with E-state index >= 15 is 0 Å². The van der Waals surface area contributed by atoms with Crippen molar-refractivity contribution < 1.29 is 22.7 Å². The van der Waals surface area contributed by atoms with Gasteiger partial charge in [0.05, 0.1) is 12.3 Å². The van der Waals surface area contributed by atoms with E-state index in [0.29, 0.717) is 23.1 Å². The van der Waals surface area contributed by atoms with Crippen molar-refractivity contribution >= 4 is 23.4 Å². The lowest BCUT2D eigenvalue weighted by Crippen LogP contribution is -2.45. The third-order valence-electron chi connectivity index (χ3n) is 5.63. The molecule has 2 aromatic rings. The molecule has 1 atom stereocenters. The van der Waals surface area contributed by atoms with E-state index in [4.69, 9.17) is 4.74 Å². The fourth-order valence-electron chi connectivity index (χ4n) is 3.61. The van der Waals surface area contributed by atoms with Gasteiger partial charge in [-0.1, -0.05) is 0 Å². The van der Waals surface area contributed by atoms with Crippen LogP contribution < -0.4 is 20.3 Å². The maximum Gasteiger partial charge on any atom is 0.246 e. The van der Waals surface area contributed by atoms with Gasteiger partial charge in [-0.2, -0.15) is 4.98 Å². The van der Waals surface area contributed by atoms with Crippen LogP contribution in [0.25, 0.3) is 0 Å². The van der Waals surface area contributed by atoms with E-state index < -0.39 is 17.5 Å². The van der Waals surface area contributed by atoms with Crippen molar-refractivity contribution in [3.63, 3.8) is 0 Å². The van der Waals surface area contributed by atoms with Crippen LogP contribution in [-0.4, -0.2) is 41.6 Å². The van der Waals surface area contributed by atoms with Crippen LogP contribution in [0.15, 0.2) is 12.1 Å². The number of aryl methyl sites for hydroxylation is 1. The molecule has 7 nitrogen and oxygen atoms in total. The monoisotopic (exact) mass is 421 g/mol. The fourth-order valence-corrected chi connectivity index (χ4v) is 3.61. The Labute approximate surface area is 171 Å². The number of benzene rings is 1. The van der Waals surface area contributed by atoms with Crippen molar-refractivity contribution in [1.29, 1.82) is 0 Å². The zero-order valence-electron chi connectivity index (χ0n) is 16.8. The van der Waals surface area contributed by atoms with Gasteiger partial charge in [-0.25, -0.2) is 18.2 Å². The number of likely N-dealkylation sites (N-methyl/N-ethyl adjacent to an activating group) is 1. The Morgan fingerprint density at radius 1 is 1.23 bits per heavy atom. The van der Waals surface area contributed by atoms with Crippen molar-refractivity contribution in [2.45, 2.75) is 38.8 Å². The smallest absolute Gasteiger partial charge is 0.246 e. The average molecular weight is 421 g/mol. The van der Waals surface area contributed by atoms with Crippen LogP contribution in [0.2, 0.25) is 0 Å². The fraction of sp³-hybridized carbons (Fsp3) is 0.450. The van der Waals surface area contributed by atoms with Gasteiger partial charge in [0.25, 0.3) is 0 Å². The standard InChI is InChI=1S/C20H22F3N5O2/c1-9-17-18(28(3)10(2)19(29)26-17)27-20(24-9)25-12-4-11(5-12)8-30-13-6-14(21)16(23)15(22)7-13/h6-7,10-12H,4-5,8H2,1-3H3,(H,26,29)(H,24,25,27)/t10-,11?,12?/m0/s1. The number of carbonyl (C=O) groups excluding carboxylic acids is 1. The summed E-state index contributed by atoms with van der Waals surface area (Å²) in [6.45, 7) is 3.89. The predicted molar refractivity (Wildman–Crippen MR) is 105 cm³/mol. The zero-order valence-corrected chi connectivity index (χ0v) is 16.8. The molecule has 0 radical (unpaired) electrons. The average Bonchev–Trinajstić information content (AvgIpc) is 2.67. The highest BCUT2D eigenvalue weighted by Gasteiger charge is 2.33. The zero-order chi connectivity index (χ0) is 21.6. The largest absolute Gasteiger partial charge is 0.493 e. The number of rotatable bonds is 5. The highest BCUT2D eigenvalue weighted by molar-refractivity contribution is 6.03. The number of fused-ring (bicyclic) bond motifs is 1. The van der Waals surface area contributed by atoms with Crippen molar-refractivity contribution in [3.05, 3.63) is 35.3 Å². The maximum absolute atomic E-state index is 13.2. The van der Waals surface area contributed by atoms with E-state index in [0.717, 1.165) is 25.0 Å². The number of amides is 1. The summed E-state index contributed by atoms with van der Waals surface area (Å²) in [5.74, 6) is -2.84. The Morgan fingerprint density at radius 3 is 2.57 bits per heavy atom. The van der Waals surface area contributed by atoms with E-state index in [2.05, 4.69) is 20.6 Å². The first-order valence-corrected chi connectivity index (χ1v) is 9.69. The maximum atomic E-state index is 13.2. The summed E-state index contributed by atoms with van der Waals surface area (Å²) in [4.78, 5) is 22.8. The Hall–Kier alpha value is -3.04. The molecule has 2 heterocycles. The summed E-state index contributed by atoms with van der Waals surface area (Å²) in [6.07, 6.45) is 1.54. The molecular weight excluding hydrogens is 399 g/mol. The van der Waals surface area contributed by atoms with Gasteiger partial charge in [-0.3, -0.25) is 4.79 Å². The van der Waals surface area contributed by atoms with Crippen LogP contribution in [0.4, 0.5) is 30.6 Å². The molecule has 1 aromatic heterocycles. The van der Waals surface area contributed by atoms with Crippen molar-refractivity contribution in [2.75, 3.05) is 29.2 Å². The van der Waals surface area contributed by atoms with Gasteiger partial charge in [-0.05, 0) is 32.6 Å². The lowest BCUT2D eigenvalue weighted by Gasteiger charge is -2.36. The van der Waals surface area contributed by atoms with Gasteiger partial charge in [-0.15, -0.1) is 0 Å². The number of hydrogen-bond acceptors (Lipinski definition) is 6. The molecule has 0 spiro atoms. The summed E-state index contributed by atoms with van der Waals surface area (Å²) in [5, 5.41) is 6.12. The Morgan fingerprint density at radius 2 is 1.90 bits per heavy atom. The molecule has 0 saturated heterocycles. The molecule has 1 saturated carbocycles. The van der Waals surface area contributed by atoms with Crippen molar-refractivity contribution in [2.24, 2.45) is 5.92 Å². The number of aromatic nitrogens is 2. The van der Waals surface area contributed by atoms with Gasteiger partial charge in [0.1, 0.15) is 17.5 Å². The van der Waals surface area contributed by atoms with Crippen LogP contribution in [0.5, 0.6) is 5.75 Å². The van der Waals surface area contributed by atoms with Crippen molar-refractivity contribution in [1.82, 2.24) is 9.97 Å². The summed E-state index contributed by atoms with van der Waals surface area (Å²) in [7, 11) is 1.82. The molecule has 1 amide bonds. The first-order chi connectivity index (χ1) is 14.2. The molecule has 160 valence electrons. The molecule has 30 heavy (non-hydrogen) atoms. The molecule has 4 rings (SSSR count). The van der Waals surface area contributed by atoms with Gasteiger partial charge in [0.15, 0.2) is 23.3 Å². The van der Waals surface area contributed by atoms with Crippen LogP contribution in [0.1, 0.15) is 25.5 Å². The molecule has 2 N–H and O–H groups in total. The number of nitrogens with one attached hydrogen (secondary N) is 2. The van der Waals surface area contributed by atoms with Gasteiger partial charge in [0.2, 0.25) is 11.9 Å².